The lowest BCUT2D eigenvalue weighted by atomic mass is 10.1. The summed E-state index contributed by atoms with van der Waals surface area (Å²) in [6, 6.07) is 40.4. The molecule has 11 aromatic rings. The van der Waals surface area contributed by atoms with Gasteiger partial charge in [-0.3, -0.25) is 0 Å². The van der Waals surface area contributed by atoms with Crippen molar-refractivity contribution in [2.45, 2.75) is 0 Å². The number of para-hydroxylation sites is 4. The highest BCUT2D eigenvalue weighted by atomic mass is 15.0. The van der Waals surface area contributed by atoms with Gasteiger partial charge in [0.25, 0.3) is 0 Å². The van der Waals surface area contributed by atoms with Crippen LogP contribution in [0.15, 0.2) is 188 Å². The lowest BCUT2D eigenvalue weighted by molar-refractivity contribution is 1.16. The Morgan fingerprint density at radius 2 is 0.882 bits per heavy atom. The third-order valence-electron chi connectivity index (χ3n) is 10.00. The first-order chi connectivity index (χ1) is 29.1. The van der Waals surface area contributed by atoms with Crippen LogP contribution >= 0.6 is 0 Å². The van der Waals surface area contributed by atoms with E-state index in [0.29, 0.717) is 11.0 Å². The first-order valence-corrected chi connectivity index (χ1v) is 16.8. The molecule has 0 aliphatic rings. The summed E-state index contributed by atoms with van der Waals surface area (Å²) < 4.78 is 85.3. The van der Waals surface area contributed by atoms with Crippen molar-refractivity contribution in [1.29, 1.82) is 0 Å². The van der Waals surface area contributed by atoms with Crippen LogP contribution in [0, 0.1) is 0 Å². The lowest BCUT2D eigenvalue weighted by Gasteiger charge is -2.13. The molecule has 0 amide bonds. The van der Waals surface area contributed by atoms with E-state index in [4.69, 9.17) is 9.60 Å². The molecule has 0 aliphatic carbocycles. The van der Waals surface area contributed by atoms with Gasteiger partial charge in [-0.2, -0.15) is 0 Å². The molecule has 0 aliphatic heterocycles. The number of rotatable bonds is 4. The molecule has 3 aromatic heterocycles. The van der Waals surface area contributed by atoms with Crippen LogP contribution in [0.25, 0.3) is 93.6 Å². The molecule has 0 radical (unpaired) electrons. The molecule has 3 heteroatoms. The highest BCUT2D eigenvalue weighted by Gasteiger charge is 2.21. The third kappa shape index (κ3) is 4.06. The maximum atomic E-state index is 9.60. The predicted octanol–water partition coefficient (Wildman–Crippen LogP) is 12.6. The Morgan fingerprint density at radius 3 is 1.57 bits per heavy atom. The molecule has 3 heterocycles. The van der Waals surface area contributed by atoms with Crippen LogP contribution in [0.2, 0.25) is 0 Å². The number of benzene rings is 8. The molecule has 0 fully saturated rings. The molecule has 0 spiro atoms. The SMILES string of the molecule is [2H]c1c([2H])c([2H])c(-c2c([2H])c([2H])c([2H])c(-n3c4ccccc4c4c(-n5c6ccccc6c6ccc(-n7c8ccccc8c8ccccc87)cc65)cccc43)c2[2H])c([2H])c1[2H]. The summed E-state index contributed by atoms with van der Waals surface area (Å²) in [6.45, 7) is 0. The van der Waals surface area contributed by atoms with E-state index in [2.05, 4.69) is 94.1 Å². The van der Waals surface area contributed by atoms with Gasteiger partial charge in [0.1, 0.15) is 0 Å². The fraction of sp³-hybridized carbons (Fsp3) is 0. The standard InChI is InChI=1S/C48H31N3/c1-2-14-32(15-3-1)33-16-12-17-34(30-33)50-44-25-11-7-21-40(44)48-45(50)26-13-27-46(48)51-43-24-10-6-20-38(43)39-29-28-35(31-47(39)51)49-41-22-8-4-18-36(41)37-19-5-9-23-42(37)49/h1-31H/i1D,2D,3D,12D,14D,15D,16D,17D,30D. The first kappa shape index (κ1) is 20.6. The van der Waals surface area contributed by atoms with Crippen LogP contribution in [-0.4, -0.2) is 13.7 Å². The van der Waals surface area contributed by atoms with Crippen molar-refractivity contribution < 1.29 is 12.3 Å². The Morgan fingerprint density at radius 1 is 0.353 bits per heavy atom. The quantitative estimate of drug-likeness (QED) is 0.179. The number of hydrogen-bond donors (Lipinski definition) is 0. The molecule has 0 atom stereocenters. The zero-order chi connectivity index (χ0) is 41.3. The Bertz CT molecular complexity index is 3590. The van der Waals surface area contributed by atoms with Crippen LogP contribution in [0.5, 0.6) is 0 Å². The minimum absolute atomic E-state index is 0.0305. The van der Waals surface area contributed by atoms with E-state index in [-0.39, 0.29) is 28.9 Å². The summed E-state index contributed by atoms with van der Waals surface area (Å²) in [6.07, 6.45) is 0. The molecule has 0 saturated carbocycles. The van der Waals surface area contributed by atoms with Gasteiger partial charge < -0.3 is 13.7 Å². The van der Waals surface area contributed by atoms with Gasteiger partial charge in [-0.05, 0) is 71.7 Å². The second-order valence-corrected chi connectivity index (χ2v) is 12.7. The van der Waals surface area contributed by atoms with Crippen molar-refractivity contribution in [2.24, 2.45) is 0 Å². The lowest BCUT2D eigenvalue weighted by Crippen LogP contribution is -1.98. The highest BCUT2D eigenvalue weighted by Crippen LogP contribution is 2.41. The Labute approximate surface area is 307 Å². The van der Waals surface area contributed by atoms with Crippen LogP contribution in [-0.2, 0) is 0 Å². The minimum atomic E-state index is -0.609. The highest BCUT2D eigenvalue weighted by molar-refractivity contribution is 6.17. The molecule has 0 N–H and O–H groups in total. The number of nitrogens with zero attached hydrogens (tertiary/aromatic N) is 3. The summed E-state index contributed by atoms with van der Waals surface area (Å²) in [5, 5.41) is 6.10. The van der Waals surface area contributed by atoms with E-state index < -0.39 is 42.3 Å². The molecule has 0 saturated heterocycles. The van der Waals surface area contributed by atoms with E-state index in [1.54, 1.807) is 4.57 Å². The summed E-state index contributed by atoms with van der Waals surface area (Å²) in [7, 11) is 0. The molecule has 238 valence electrons. The second kappa shape index (κ2) is 10.8. The van der Waals surface area contributed by atoms with Crippen LogP contribution in [0.3, 0.4) is 0 Å². The third-order valence-corrected chi connectivity index (χ3v) is 10.00. The molecule has 0 bridgehead atoms. The number of aromatic nitrogens is 3. The molecule has 3 nitrogen and oxygen atoms in total. The molecule has 11 rings (SSSR count). The zero-order valence-electron chi connectivity index (χ0n) is 36.0. The Balaban J connectivity index is 1.24. The molecule has 51 heavy (non-hydrogen) atoms. The Kier molecular flexibility index (Phi) is 4.38. The number of hydrogen-bond acceptors (Lipinski definition) is 0. The average molecular weight is 659 g/mol. The molecule has 0 unspecified atom stereocenters. The summed E-state index contributed by atoms with van der Waals surface area (Å²) >= 11 is 0. The van der Waals surface area contributed by atoms with E-state index in [9.17, 15) is 2.74 Å². The first-order valence-electron chi connectivity index (χ1n) is 21.3. The van der Waals surface area contributed by atoms with E-state index >= 15 is 0 Å². The van der Waals surface area contributed by atoms with Gasteiger partial charge in [0.05, 0.1) is 51.1 Å². The van der Waals surface area contributed by atoms with Crippen molar-refractivity contribution >= 4 is 65.4 Å². The largest absolute Gasteiger partial charge is 0.309 e. The second-order valence-electron chi connectivity index (χ2n) is 12.7. The van der Waals surface area contributed by atoms with Crippen LogP contribution in [0.1, 0.15) is 12.3 Å². The summed E-state index contributed by atoms with van der Waals surface area (Å²) in [4.78, 5) is 0. The Hall–Kier alpha value is -6.84. The van der Waals surface area contributed by atoms with Gasteiger partial charge in [-0.1, -0.05) is 127 Å². The summed E-state index contributed by atoms with van der Waals surface area (Å²) in [5.41, 5.74) is 6.57. The van der Waals surface area contributed by atoms with Gasteiger partial charge in [0.2, 0.25) is 0 Å². The molecule has 8 aromatic carbocycles. The zero-order valence-corrected chi connectivity index (χ0v) is 27.0. The van der Waals surface area contributed by atoms with E-state index in [1.807, 2.05) is 48.5 Å². The van der Waals surface area contributed by atoms with Crippen molar-refractivity contribution in [3.63, 3.8) is 0 Å². The van der Waals surface area contributed by atoms with Crippen molar-refractivity contribution in [1.82, 2.24) is 13.7 Å². The van der Waals surface area contributed by atoms with Gasteiger partial charge in [-0.15, -0.1) is 0 Å². The van der Waals surface area contributed by atoms with Crippen LogP contribution < -0.4 is 0 Å². The minimum Gasteiger partial charge on any atom is -0.309 e. The van der Waals surface area contributed by atoms with E-state index in [0.717, 1.165) is 65.8 Å². The normalized spacial score (nSPS) is 14.4. The van der Waals surface area contributed by atoms with Gasteiger partial charge >= 0.3 is 0 Å². The van der Waals surface area contributed by atoms with Gasteiger partial charge in [0.15, 0.2) is 0 Å². The van der Waals surface area contributed by atoms with Crippen molar-refractivity contribution in [3.05, 3.63) is 188 Å². The van der Waals surface area contributed by atoms with Crippen LogP contribution in [0.4, 0.5) is 0 Å². The monoisotopic (exact) mass is 658 g/mol. The van der Waals surface area contributed by atoms with Gasteiger partial charge in [0, 0.05) is 43.7 Å². The van der Waals surface area contributed by atoms with Gasteiger partial charge in [-0.25, -0.2) is 0 Å². The fourth-order valence-corrected chi connectivity index (χ4v) is 7.93. The van der Waals surface area contributed by atoms with E-state index in [1.165, 1.54) is 0 Å². The van der Waals surface area contributed by atoms with Crippen molar-refractivity contribution in [3.8, 4) is 28.2 Å². The molecular weight excluding hydrogens is 619 g/mol. The maximum Gasteiger partial charge on any atom is 0.0651 e. The smallest absolute Gasteiger partial charge is 0.0651 e. The topological polar surface area (TPSA) is 14.8 Å². The number of fused-ring (bicyclic) bond motifs is 9. The summed E-state index contributed by atoms with van der Waals surface area (Å²) in [5.74, 6) is 0. The fourth-order valence-electron chi connectivity index (χ4n) is 7.93. The average Bonchev–Trinajstić information content (AvgIpc) is 3.91. The predicted molar refractivity (Wildman–Crippen MR) is 215 cm³/mol. The molecular formula is C48H31N3. The van der Waals surface area contributed by atoms with Crippen molar-refractivity contribution in [2.75, 3.05) is 0 Å². The maximum absolute atomic E-state index is 9.60.